The van der Waals surface area contributed by atoms with Gasteiger partial charge in [-0.15, -0.1) is 5.10 Å². The van der Waals surface area contributed by atoms with Crippen molar-refractivity contribution in [3.05, 3.63) is 81.0 Å². The first-order valence-electron chi connectivity index (χ1n) is 10.8. The molecule has 5 nitrogen and oxygen atoms in total. The predicted octanol–water partition coefficient (Wildman–Crippen LogP) is 5.94. The maximum Gasteiger partial charge on any atom is 0.290 e. The summed E-state index contributed by atoms with van der Waals surface area (Å²) in [5.41, 5.74) is 2.80. The van der Waals surface area contributed by atoms with Gasteiger partial charge in [-0.05, 0) is 68.9 Å². The van der Waals surface area contributed by atoms with Crippen molar-refractivity contribution in [3.63, 3.8) is 0 Å². The van der Waals surface area contributed by atoms with E-state index in [2.05, 4.69) is 15.5 Å². The van der Waals surface area contributed by atoms with Gasteiger partial charge >= 0.3 is 0 Å². The van der Waals surface area contributed by atoms with E-state index < -0.39 is 18.4 Å². The summed E-state index contributed by atoms with van der Waals surface area (Å²) >= 11 is 6.03. The minimum atomic E-state index is -3.23. The molecule has 1 heterocycles. The summed E-state index contributed by atoms with van der Waals surface area (Å²) in [4.78, 5) is 13.2. The van der Waals surface area contributed by atoms with E-state index in [9.17, 15) is 13.6 Å². The van der Waals surface area contributed by atoms with Gasteiger partial charge in [0.2, 0.25) is 0 Å². The highest BCUT2D eigenvalue weighted by molar-refractivity contribution is 6.30. The predicted molar refractivity (Wildman–Crippen MR) is 122 cm³/mol. The largest absolute Gasteiger partial charge is 0.437 e. The molecule has 1 aromatic heterocycles. The van der Waals surface area contributed by atoms with Crippen LogP contribution in [0.5, 0.6) is 11.6 Å². The maximum absolute atomic E-state index is 15.0. The van der Waals surface area contributed by atoms with E-state index >= 15 is 0 Å². The molecule has 2 aromatic carbocycles. The van der Waals surface area contributed by atoms with Crippen molar-refractivity contribution in [1.29, 1.82) is 0 Å². The van der Waals surface area contributed by atoms with Gasteiger partial charge < -0.3 is 10.1 Å². The lowest BCUT2D eigenvalue weighted by Crippen LogP contribution is -2.36. The van der Waals surface area contributed by atoms with E-state index in [1.807, 2.05) is 6.92 Å². The first-order chi connectivity index (χ1) is 15.7. The quantitative estimate of drug-likeness (QED) is 0.483. The molecular weight excluding hydrogens is 448 g/mol. The topological polar surface area (TPSA) is 64.1 Å². The molecular formula is C25H24ClF2N3O2. The highest BCUT2D eigenvalue weighted by atomic mass is 35.5. The SMILES string of the molecule is Cc1ccc(C(F)(F)CNC(=O)c2c(Oc3cccc(Cl)c3)nnc3c2CCCC3)c(C)c1. The number of rotatable bonds is 6. The minimum Gasteiger partial charge on any atom is -0.437 e. The van der Waals surface area contributed by atoms with Gasteiger partial charge in [0.1, 0.15) is 11.3 Å². The summed E-state index contributed by atoms with van der Waals surface area (Å²) in [5.74, 6) is -3.54. The smallest absolute Gasteiger partial charge is 0.290 e. The number of alkyl halides is 2. The molecule has 0 saturated heterocycles. The summed E-state index contributed by atoms with van der Waals surface area (Å²) in [5, 5.41) is 11.2. The lowest BCUT2D eigenvalue weighted by Gasteiger charge is -2.22. The fraction of sp³-hybridized carbons (Fsp3) is 0.320. The van der Waals surface area contributed by atoms with Crippen molar-refractivity contribution in [1.82, 2.24) is 15.5 Å². The number of benzene rings is 2. The van der Waals surface area contributed by atoms with Crippen molar-refractivity contribution in [2.24, 2.45) is 0 Å². The third kappa shape index (κ3) is 5.14. The molecule has 0 unspecified atom stereocenters. The maximum atomic E-state index is 15.0. The summed E-state index contributed by atoms with van der Waals surface area (Å²) in [7, 11) is 0. The van der Waals surface area contributed by atoms with Crippen molar-refractivity contribution in [2.45, 2.75) is 45.5 Å². The number of nitrogens with zero attached hydrogens (tertiary/aromatic N) is 2. The molecule has 0 fully saturated rings. The van der Waals surface area contributed by atoms with E-state index in [0.29, 0.717) is 40.4 Å². The van der Waals surface area contributed by atoms with Crippen LogP contribution in [0.25, 0.3) is 0 Å². The second-order valence-electron chi connectivity index (χ2n) is 8.28. The van der Waals surface area contributed by atoms with Crippen LogP contribution < -0.4 is 10.1 Å². The molecule has 0 spiro atoms. The summed E-state index contributed by atoms with van der Waals surface area (Å²) < 4.78 is 35.8. The zero-order valence-electron chi connectivity index (χ0n) is 18.4. The van der Waals surface area contributed by atoms with Gasteiger partial charge in [0.25, 0.3) is 17.7 Å². The number of hydrogen-bond donors (Lipinski definition) is 1. The Labute approximate surface area is 196 Å². The first kappa shape index (κ1) is 23.1. The summed E-state index contributed by atoms with van der Waals surface area (Å²) in [6.07, 6.45) is 3.09. The number of carbonyl (C=O) groups is 1. The highest BCUT2D eigenvalue weighted by Crippen LogP contribution is 2.33. The zero-order valence-corrected chi connectivity index (χ0v) is 19.2. The fourth-order valence-electron chi connectivity index (χ4n) is 4.10. The van der Waals surface area contributed by atoms with Crippen LogP contribution in [0.15, 0.2) is 42.5 Å². The van der Waals surface area contributed by atoms with Crippen LogP contribution in [0.2, 0.25) is 5.02 Å². The van der Waals surface area contributed by atoms with Crippen LogP contribution in [0.4, 0.5) is 8.78 Å². The molecule has 8 heteroatoms. The van der Waals surface area contributed by atoms with Crippen LogP contribution in [0.3, 0.4) is 0 Å². The van der Waals surface area contributed by atoms with Crippen molar-refractivity contribution in [3.8, 4) is 11.6 Å². The Morgan fingerprint density at radius 1 is 1.12 bits per heavy atom. The second kappa shape index (κ2) is 9.43. The number of carbonyl (C=O) groups excluding carboxylic acids is 1. The van der Waals surface area contributed by atoms with E-state index in [4.69, 9.17) is 16.3 Å². The molecule has 1 amide bonds. The molecule has 1 aliphatic carbocycles. The van der Waals surface area contributed by atoms with Crippen LogP contribution in [0.1, 0.15) is 51.1 Å². The molecule has 0 aliphatic heterocycles. The minimum absolute atomic E-state index is 0.0229. The molecule has 33 heavy (non-hydrogen) atoms. The lowest BCUT2D eigenvalue weighted by molar-refractivity contribution is -0.00312. The lowest BCUT2D eigenvalue weighted by atomic mass is 9.92. The number of amides is 1. The van der Waals surface area contributed by atoms with Crippen molar-refractivity contribution < 1.29 is 18.3 Å². The second-order valence-corrected chi connectivity index (χ2v) is 8.71. The van der Waals surface area contributed by atoms with E-state index in [0.717, 1.165) is 18.4 Å². The van der Waals surface area contributed by atoms with Crippen LogP contribution >= 0.6 is 11.6 Å². The molecule has 1 aliphatic rings. The number of ether oxygens (including phenoxy) is 1. The van der Waals surface area contributed by atoms with Crippen LogP contribution in [-0.2, 0) is 18.8 Å². The number of nitrogens with one attached hydrogen (secondary N) is 1. The van der Waals surface area contributed by atoms with E-state index in [-0.39, 0.29) is 17.0 Å². The fourth-order valence-corrected chi connectivity index (χ4v) is 4.28. The van der Waals surface area contributed by atoms with Gasteiger partial charge in [0, 0.05) is 10.6 Å². The number of hydrogen-bond acceptors (Lipinski definition) is 4. The van der Waals surface area contributed by atoms with Gasteiger partial charge in [-0.3, -0.25) is 4.79 Å². The summed E-state index contributed by atoms with van der Waals surface area (Å²) in [6.45, 7) is 2.64. The van der Waals surface area contributed by atoms with Crippen molar-refractivity contribution >= 4 is 17.5 Å². The molecule has 172 valence electrons. The average molecular weight is 472 g/mol. The Morgan fingerprint density at radius 2 is 1.91 bits per heavy atom. The van der Waals surface area contributed by atoms with Gasteiger partial charge in [0.15, 0.2) is 0 Å². The Kier molecular flexibility index (Phi) is 6.61. The third-order valence-electron chi connectivity index (χ3n) is 5.70. The van der Waals surface area contributed by atoms with Crippen LogP contribution in [-0.4, -0.2) is 22.6 Å². The number of halogens is 3. The Bertz CT molecular complexity index is 1200. The Balaban J connectivity index is 1.63. The van der Waals surface area contributed by atoms with Gasteiger partial charge in [0.05, 0.1) is 12.2 Å². The summed E-state index contributed by atoms with van der Waals surface area (Å²) in [6, 6.07) is 11.4. The van der Waals surface area contributed by atoms with Gasteiger partial charge in [-0.25, -0.2) is 0 Å². The normalized spacial score (nSPS) is 13.4. The average Bonchev–Trinajstić information content (AvgIpc) is 2.77. The monoisotopic (exact) mass is 471 g/mol. The molecule has 0 radical (unpaired) electrons. The molecule has 0 atom stereocenters. The molecule has 0 bridgehead atoms. The van der Waals surface area contributed by atoms with E-state index in [1.54, 1.807) is 43.3 Å². The Morgan fingerprint density at radius 3 is 2.67 bits per heavy atom. The third-order valence-corrected chi connectivity index (χ3v) is 5.94. The van der Waals surface area contributed by atoms with Gasteiger partial charge in [-0.2, -0.15) is 13.9 Å². The zero-order chi connectivity index (χ0) is 23.6. The molecule has 4 rings (SSSR count). The van der Waals surface area contributed by atoms with Crippen molar-refractivity contribution in [2.75, 3.05) is 6.54 Å². The highest BCUT2D eigenvalue weighted by Gasteiger charge is 2.35. The standard InChI is InChI=1S/C25H24ClF2N3O2/c1-15-10-11-20(16(2)12-15)25(27,28)14-29-23(32)22-19-8-3-4-9-21(19)30-31-24(22)33-18-7-5-6-17(26)13-18/h5-7,10-13H,3-4,8-9,14H2,1-2H3,(H,29,32). The number of aryl methyl sites for hydroxylation is 3. The number of aromatic nitrogens is 2. The number of fused-ring (bicyclic) bond motifs is 1. The molecule has 0 saturated carbocycles. The Hall–Kier alpha value is -3.06. The van der Waals surface area contributed by atoms with Gasteiger partial charge in [-0.1, -0.05) is 41.4 Å². The molecule has 1 N–H and O–H groups in total. The van der Waals surface area contributed by atoms with Crippen LogP contribution in [0, 0.1) is 13.8 Å². The van der Waals surface area contributed by atoms with E-state index in [1.165, 1.54) is 6.07 Å². The first-order valence-corrected chi connectivity index (χ1v) is 11.2. The molecule has 3 aromatic rings.